The molecule has 1 aliphatic rings. The average molecular weight is 368 g/mol. The molecule has 1 aromatic carbocycles. The van der Waals surface area contributed by atoms with Crippen LogP contribution in [0.5, 0.6) is 0 Å². The predicted molar refractivity (Wildman–Crippen MR) is 110 cm³/mol. The smallest absolute Gasteiger partial charge is 0.259 e. The third-order valence-corrected chi connectivity index (χ3v) is 4.56. The Morgan fingerprint density at radius 1 is 0.929 bits per heavy atom. The number of aromatic nitrogens is 2. The second-order valence-corrected chi connectivity index (χ2v) is 6.57. The van der Waals surface area contributed by atoms with Crippen molar-refractivity contribution < 1.29 is 4.79 Å². The van der Waals surface area contributed by atoms with Crippen LogP contribution in [0.15, 0.2) is 67.0 Å². The van der Waals surface area contributed by atoms with E-state index in [0.717, 1.165) is 37.3 Å². The Morgan fingerprint density at radius 3 is 2.61 bits per heavy atom. The molecule has 4 rings (SSSR count). The van der Waals surface area contributed by atoms with Crippen molar-refractivity contribution in [3.05, 3.63) is 83.8 Å². The van der Waals surface area contributed by atoms with E-state index in [-0.39, 0.29) is 5.91 Å². The zero-order valence-corrected chi connectivity index (χ0v) is 15.4. The highest BCUT2D eigenvalue weighted by atomic mass is 16.1. The molecule has 3 heterocycles. The van der Waals surface area contributed by atoms with Gasteiger partial charge in [0.2, 0.25) is 0 Å². The molecule has 0 bridgehead atoms. The van der Waals surface area contributed by atoms with Crippen molar-refractivity contribution >= 4 is 17.4 Å². The molecule has 0 atom stereocenters. The molecular weight excluding hydrogens is 348 g/mol. The number of hydrogen-bond donors (Lipinski definition) is 1. The quantitative estimate of drug-likeness (QED) is 0.716. The van der Waals surface area contributed by atoms with Crippen molar-refractivity contribution in [2.45, 2.75) is 12.8 Å². The van der Waals surface area contributed by atoms with Gasteiger partial charge in [0.25, 0.3) is 5.91 Å². The van der Waals surface area contributed by atoms with Crippen molar-refractivity contribution in [2.24, 2.45) is 0 Å². The molecule has 28 heavy (non-hydrogen) atoms. The normalized spacial score (nSPS) is 12.9. The first kappa shape index (κ1) is 17.7. The van der Waals surface area contributed by atoms with Crippen molar-refractivity contribution in [3.63, 3.8) is 0 Å². The Balaban J connectivity index is 1.52. The zero-order valence-electron chi connectivity index (χ0n) is 15.4. The fourth-order valence-electron chi connectivity index (χ4n) is 3.20. The summed E-state index contributed by atoms with van der Waals surface area (Å²) in [6.45, 7) is 1.88. The molecule has 1 amide bonds. The van der Waals surface area contributed by atoms with Gasteiger partial charge in [0.05, 0.1) is 5.56 Å². The van der Waals surface area contributed by atoms with Crippen LogP contribution in [-0.4, -0.2) is 29.0 Å². The molecule has 3 aromatic rings. The molecule has 1 saturated heterocycles. The molecule has 0 aliphatic carbocycles. The van der Waals surface area contributed by atoms with Gasteiger partial charge >= 0.3 is 0 Å². The van der Waals surface area contributed by atoms with E-state index in [4.69, 9.17) is 0 Å². The van der Waals surface area contributed by atoms with E-state index in [1.165, 1.54) is 0 Å². The van der Waals surface area contributed by atoms with E-state index >= 15 is 0 Å². The molecule has 5 nitrogen and oxygen atoms in total. The van der Waals surface area contributed by atoms with Crippen LogP contribution in [0.2, 0.25) is 0 Å². The van der Waals surface area contributed by atoms with Crippen LogP contribution in [0.1, 0.15) is 34.5 Å². The molecule has 0 unspecified atom stereocenters. The highest BCUT2D eigenvalue weighted by Gasteiger charge is 2.20. The molecular formula is C23H20N4O. The summed E-state index contributed by atoms with van der Waals surface area (Å²) < 4.78 is 0. The Bertz CT molecular complexity index is 1030. The largest absolute Gasteiger partial charge is 0.356 e. The standard InChI is InChI=1S/C23H20N4O/c28-23(21-10-6-14-25-22(21)27-15-3-4-16-27)26-20-9-5-7-18(17-20)11-12-19-8-1-2-13-24-19/h1-2,5-10,13-14,17H,3-4,15-16H2,(H,26,28). The zero-order chi connectivity index (χ0) is 19.2. The minimum absolute atomic E-state index is 0.162. The van der Waals surface area contributed by atoms with Crippen LogP contribution in [0.25, 0.3) is 0 Å². The van der Waals surface area contributed by atoms with Gasteiger partial charge in [-0.3, -0.25) is 4.79 Å². The summed E-state index contributed by atoms with van der Waals surface area (Å²) in [6.07, 6.45) is 5.72. The number of pyridine rings is 2. The van der Waals surface area contributed by atoms with Gasteiger partial charge in [0, 0.05) is 36.7 Å². The second-order valence-electron chi connectivity index (χ2n) is 6.57. The fourth-order valence-corrected chi connectivity index (χ4v) is 3.20. The summed E-state index contributed by atoms with van der Waals surface area (Å²) in [7, 11) is 0. The third-order valence-electron chi connectivity index (χ3n) is 4.56. The molecule has 1 fully saturated rings. The van der Waals surface area contributed by atoms with Gasteiger partial charge in [-0.2, -0.15) is 0 Å². The summed E-state index contributed by atoms with van der Waals surface area (Å²) in [5.74, 6) is 6.71. The lowest BCUT2D eigenvalue weighted by atomic mass is 10.1. The number of carbonyl (C=O) groups excluding carboxylic acids is 1. The van der Waals surface area contributed by atoms with Crippen molar-refractivity contribution in [1.82, 2.24) is 9.97 Å². The van der Waals surface area contributed by atoms with Crippen LogP contribution in [0.4, 0.5) is 11.5 Å². The number of amides is 1. The van der Waals surface area contributed by atoms with Crippen molar-refractivity contribution in [2.75, 3.05) is 23.3 Å². The van der Waals surface area contributed by atoms with Crippen molar-refractivity contribution in [1.29, 1.82) is 0 Å². The second kappa shape index (κ2) is 8.36. The summed E-state index contributed by atoms with van der Waals surface area (Å²) in [5.41, 5.74) is 2.82. The van der Waals surface area contributed by atoms with Gasteiger partial charge in [0.1, 0.15) is 11.5 Å². The van der Waals surface area contributed by atoms with Crippen LogP contribution in [-0.2, 0) is 0 Å². The summed E-state index contributed by atoms with van der Waals surface area (Å²) in [6, 6.07) is 16.7. The van der Waals surface area contributed by atoms with Gasteiger partial charge < -0.3 is 10.2 Å². The Morgan fingerprint density at radius 2 is 1.79 bits per heavy atom. The molecule has 138 valence electrons. The maximum Gasteiger partial charge on any atom is 0.259 e. The highest BCUT2D eigenvalue weighted by molar-refractivity contribution is 6.07. The lowest BCUT2D eigenvalue weighted by Crippen LogP contribution is -2.24. The predicted octanol–water partition coefficient (Wildman–Crippen LogP) is 3.73. The van der Waals surface area contributed by atoms with Gasteiger partial charge in [0.15, 0.2) is 0 Å². The Hall–Kier alpha value is -3.65. The number of rotatable bonds is 3. The topological polar surface area (TPSA) is 58.1 Å². The van der Waals surface area contributed by atoms with Gasteiger partial charge in [-0.1, -0.05) is 18.1 Å². The highest BCUT2D eigenvalue weighted by Crippen LogP contribution is 2.23. The van der Waals surface area contributed by atoms with Gasteiger partial charge in [-0.05, 0) is 61.2 Å². The SMILES string of the molecule is O=C(Nc1cccc(C#Cc2ccccn2)c1)c1cccnc1N1CCCC1. The number of nitrogens with one attached hydrogen (secondary N) is 1. The first-order valence-corrected chi connectivity index (χ1v) is 9.34. The van der Waals surface area contributed by atoms with E-state index in [9.17, 15) is 4.79 Å². The maximum atomic E-state index is 12.9. The van der Waals surface area contributed by atoms with E-state index < -0.39 is 0 Å². The summed E-state index contributed by atoms with van der Waals surface area (Å²) >= 11 is 0. The minimum atomic E-state index is -0.162. The van der Waals surface area contributed by atoms with Crippen molar-refractivity contribution in [3.8, 4) is 11.8 Å². The number of anilines is 2. The molecule has 5 heteroatoms. The average Bonchev–Trinajstić information content (AvgIpc) is 3.28. The fraction of sp³-hybridized carbons (Fsp3) is 0.174. The molecule has 1 N–H and O–H groups in total. The lowest BCUT2D eigenvalue weighted by molar-refractivity contribution is 0.102. The third kappa shape index (κ3) is 4.18. The molecule has 0 saturated carbocycles. The molecule has 1 aliphatic heterocycles. The number of nitrogens with zero attached hydrogens (tertiary/aromatic N) is 3. The number of benzene rings is 1. The van der Waals surface area contributed by atoms with E-state index in [1.54, 1.807) is 18.5 Å². The van der Waals surface area contributed by atoms with E-state index in [0.29, 0.717) is 16.9 Å². The number of carbonyl (C=O) groups is 1. The summed E-state index contributed by atoms with van der Waals surface area (Å²) in [4.78, 5) is 23.7. The van der Waals surface area contributed by atoms with Crippen LogP contribution in [0, 0.1) is 11.8 Å². The van der Waals surface area contributed by atoms with E-state index in [1.807, 2.05) is 48.5 Å². The first-order valence-electron chi connectivity index (χ1n) is 9.34. The maximum absolute atomic E-state index is 12.9. The molecule has 2 aromatic heterocycles. The van der Waals surface area contributed by atoms with Gasteiger partial charge in [-0.15, -0.1) is 0 Å². The van der Waals surface area contributed by atoms with Crippen LogP contribution >= 0.6 is 0 Å². The van der Waals surface area contributed by atoms with E-state index in [2.05, 4.69) is 32.0 Å². The first-order chi connectivity index (χ1) is 13.8. The minimum Gasteiger partial charge on any atom is -0.356 e. The molecule has 0 spiro atoms. The van der Waals surface area contributed by atoms with Crippen LogP contribution in [0.3, 0.4) is 0 Å². The molecule has 0 radical (unpaired) electrons. The monoisotopic (exact) mass is 368 g/mol. The summed E-state index contributed by atoms with van der Waals surface area (Å²) in [5, 5.41) is 2.97. The van der Waals surface area contributed by atoms with Crippen LogP contribution < -0.4 is 10.2 Å². The Kier molecular flexibility index (Phi) is 5.30. The lowest BCUT2D eigenvalue weighted by Gasteiger charge is -2.19. The van der Waals surface area contributed by atoms with Gasteiger partial charge in [-0.25, -0.2) is 9.97 Å². The Labute approximate surface area is 164 Å². The number of hydrogen-bond acceptors (Lipinski definition) is 4.